The minimum atomic E-state index is -4.49. The molecule has 0 amide bonds. The van der Waals surface area contributed by atoms with E-state index in [2.05, 4.69) is 0 Å². The van der Waals surface area contributed by atoms with Crippen LogP contribution in [0.5, 0.6) is 5.75 Å². The molecular weight excluding hydrogens is 372 g/mol. The molecule has 0 fully saturated rings. The van der Waals surface area contributed by atoms with Gasteiger partial charge >= 0.3 is 6.18 Å². The zero-order valence-electron chi connectivity index (χ0n) is 13.3. The van der Waals surface area contributed by atoms with Gasteiger partial charge in [0.15, 0.2) is 0 Å². The Morgan fingerprint density at radius 1 is 1.08 bits per heavy atom. The van der Waals surface area contributed by atoms with Gasteiger partial charge in [-0.1, -0.05) is 48.3 Å². The van der Waals surface area contributed by atoms with Crippen molar-refractivity contribution in [2.45, 2.75) is 31.5 Å². The molecule has 0 radical (unpaired) electrons. The van der Waals surface area contributed by atoms with E-state index in [0.717, 1.165) is 11.6 Å². The Kier molecular flexibility index (Phi) is 4.78. The van der Waals surface area contributed by atoms with Gasteiger partial charge in [0.25, 0.3) is 0 Å². The highest BCUT2D eigenvalue weighted by Gasteiger charge is 2.55. The second-order valence-electron chi connectivity index (χ2n) is 5.96. The number of alkyl halides is 3. The van der Waals surface area contributed by atoms with Crippen molar-refractivity contribution in [1.82, 2.24) is 0 Å². The lowest BCUT2D eigenvalue weighted by molar-refractivity contribution is -0.230. The summed E-state index contributed by atoms with van der Waals surface area (Å²) >= 11 is 12.2. The van der Waals surface area contributed by atoms with Gasteiger partial charge in [-0.25, -0.2) is 0 Å². The largest absolute Gasteiger partial charge is 0.473 e. The SMILES string of the molecule is CCC1(C(F)(F)F)C=Cc2cc(Cl)c(Cc3ccc(Cl)cc3)cc2O1. The van der Waals surface area contributed by atoms with Crippen molar-refractivity contribution in [3.8, 4) is 5.75 Å². The lowest BCUT2D eigenvalue weighted by atomic mass is 9.93. The van der Waals surface area contributed by atoms with Crippen LogP contribution >= 0.6 is 23.2 Å². The van der Waals surface area contributed by atoms with Crippen LogP contribution in [0.1, 0.15) is 30.0 Å². The first-order valence-electron chi connectivity index (χ1n) is 7.76. The van der Waals surface area contributed by atoms with Gasteiger partial charge in [-0.15, -0.1) is 0 Å². The molecule has 3 rings (SSSR count). The van der Waals surface area contributed by atoms with E-state index in [1.165, 1.54) is 13.0 Å². The Bertz CT molecular complexity index is 813. The molecule has 1 atom stereocenters. The van der Waals surface area contributed by atoms with Crippen molar-refractivity contribution in [3.05, 3.63) is 69.2 Å². The van der Waals surface area contributed by atoms with E-state index in [-0.39, 0.29) is 12.2 Å². The van der Waals surface area contributed by atoms with Crippen molar-refractivity contribution in [2.75, 3.05) is 0 Å². The third-order valence-electron chi connectivity index (χ3n) is 4.32. The molecule has 0 spiro atoms. The van der Waals surface area contributed by atoms with E-state index in [4.69, 9.17) is 27.9 Å². The van der Waals surface area contributed by atoms with Gasteiger partial charge in [-0.2, -0.15) is 13.2 Å². The summed E-state index contributed by atoms with van der Waals surface area (Å²) in [6.45, 7) is 1.45. The molecule has 0 saturated carbocycles. The molecular formula is C19H15Cl2F3O. The predicted molar refractivity (Wildman–Crippen MR) is 94.4 cm³/mol. The number of hydrogen-bond acceptors (Lipinski definition) is 1. The van der Waals surface area contributed by atoms with Crippen LogP contribution < -0.4 is 4.74 Å². The fourth-order valence-corrected chi connectivity index (χ4v) is 3.15. The Balaban J connectivity index is 1.96. The van der Waals surface area contributed by atoms with Crippen LogP contribution in [0, 0.1) is 0 Å². The van der Waals surface area contributed by atoms with Gasteiger partial charge in [-0.05, 0) is 54.3 Å². The van der Waals surface area contributed by atoms with Gasteiger partial charge in [0.2, 0.25) is 5.60 Å². The van der Waals surface area contributed by atoms with Gasteiger partial charge in [-0.3, -0.25) is 0 Å². The van der Waals surface area contributed by atoms with E-state index in [1.54, 1.807) is 24.3 Å². The van der Waals surface area contributed by atoms with Crippen LogP contribution in [0.3, 0.4) is 0 Å². The summed E-state index contributed by atoms with van der Waals surface area (Å²) in [4.78, 5) is 0. The van der Waals surface area contributed by atoms with E-state index in [9.17, 15) is 13.2 Å². The molecule has 1 unspecified atom stereocenters. The summed E-state index contributed by atoms with van der Waals surface area (Å²) in [5.74, 6) is 0.190. The fourth-order valence-electron chi connectivity index (χ4n) is 2.78. The van der Waals surface area contributed by atoms with Gasteiger partial charge in [0, 0.05) is 15.6 Å². The fraction of sp³-hybridized carbons (Fsp3) is 0.263. The van der Waals surface area contributed by atoms with Crippen molar-refractivity contribution >= 4 is 29.3 Å². The molecule has 2 aromatic carbocycles. The number of hydrogen-bond donors (Lipinski definition) is 0. The maximum Gasteiger partial charge on any atom is 0.432 e. The number of benzene rings is 2. The van der Waals surface area contributed by atoms with Crippen LogP contribution in [-0.4, -0.2) is 11.8 Å². The quantitative estimate of drug-likeness (QED) is 0.569. The van der Waals surface area contributed by atoms with Crippen molar-refractivity contribution in [1.29, 1.82) is 0 Å². The van der Waals surface area contributed by atoms with E-state index in [1.807, 2.05) is 12.1 Å². The molecule has 1 aliphatic heterocycles. The van der Waals surface area contributed by atoms with Crippen LogP contribution in [0.4, 0.5) is 13.2 Å². The number of fused-ring (bicyclic) bond motifs is 1. The number of ether oxygens (including phenoxy) is 1. The Labute approximate surface area is 154 Å². The summed E-state index contributed by atoms with van der Waals surface area (Å²) in [5, 5.41) is 1.10. The van der Waals surface area contributed by atoms with Crippen molar-refractivity contribution in [2.24, 2.45) is 0 Å². The lowest BCUT2D eigenvalue weighted by Crippen LogP contribution is -2.49. The first-order valence-corrected chi connectivity index (χ1v) is 8.51. The molecule has 0 aliphatic carbocycles. The topological polar surface area (TPSA) is 9.23 Å². The van der Waals surface area contributed by atoms with Gasteiger partial charge in [0.1, 0.15) is 5.75 Å². The summed E-state index contributed by atoms with van der Waals surface area (Å²) < 4.78 is 45.7. The smallest absolute Gasteiger partial charge is 0.432 e. The molecule has 1 heterocycles. The van der Waals surface area contributed by atoms with Crippen LogP contribution in [0.15, 0.2) is 42.5 Å². The Morgan fingerprint density at radius 3 is 2.36 bits per heavy atom. The highest BCUT2D eigenvalue weighted by atomic mass is 35.5. The first kappa shape index (κ1) is 18.2. The maximum absolute atomic E-state index is 13.4. The van der Waals surface area contributed by atoms with E-state index < -0.39 is 11.8 Å². The number of rotatable bonds is 3. The van der Waals surface area contributed by atoms with Crippen LogP contribution in [-0.2, 0) is 6.42 Å². The van der Waals surface area contributed by atoms with Crippen LogP contribution in [0.2, 0.25) is 10.0 Å². The summed E-state index contributed by atoms with van der Waals surface area (Å²) in [6, 6.07) is 10.4. The minimum absolute atomic E-state index is 0.190. The second kappa shape index (κ2) is 6.58. The first-order chi connectivity index (χ1) is 11.7. The third-order valence-corrected chi connectivity index (χ3v) is 4.92. The monoisotopic (exact) mass is 386 g/mol. The second-order valence-corrected chi connectivity index (χ2v) is 6.80. The summed E-state index contributed by atoms with van der Waals surface area (Å²) in [6.07, 6.45) is -1.74. The van der Waals surface area contributed by atoms with E-state index in [0.29, 0.717) is 27.6 Å². The zero-order valence-corrected chi connectivity index (χ0v) is 14.8. The van der Waals surface area contributed by atoms with Crippen molar-refractivity contribution < 1.29 is 17.9 Å². The van der Waals surface area contributed by atoms with Gasteiger partial charge < -0.3 is 4.74 Å². The predicted octanol–water partition coefficient (Wildman–Crippen LogP) is 6.70. The molecule has 0 bridgehead atoms. The lowest BCUT2D eigenvalue weighted by Gasteiger charge is -2.36. The molecule has 0 N–H and O–H groups in total. The molecule has 0 aromatic heterocycles. The average molecular weight is 387 g/mol. The molecule has 0 saturated heterocycles. The van der Waals surface area contributed by atoms with Gasteiger partial charge in [0.05, 0.1) is 0 Å². The summed E-state index contributed by atoms with van der Waals surface area (Å²) in [5.41, 5.74) is -0.107. The highest BCUT2D eigenvalue weighted by Crippen LogP contribution is 2.44. The van der Waals surface area contributed by atoms with Crippen molar-refractivity contribution in [3.63, 3.8) is 0 Å². The van der Waals surface area contributed by atoms with Crippen LogP contribution in [0.25, 0.3) is 6.08 Å². The molecule has 1 aliphatic rings. The molecule has 2 aromatic rings. The zero-order chi connectivity index (χ0) is 18.2. The maximum atomic E-state index is 13.4. The van der Waals surface area contributed by atoms with E-state index >= 15 is 0 Å². The average Bonchev–Trinajstić information content (AvgIpc) is 2.56. The standard InChI is InChI=1S/C19H15Cl2F3O/c1-2-18(19(22,23)24)8-7-13-10-16(21)14(11-17(13)25-18)9-12-3-5-15(20)6-4-12/h3-8,10-11H,2,9H2,1H3. The highest BCUT2D eigenvalue weighted by molar-refractivity contribution is 6.31. The molecule has 25 heavy (non-hydrogen) atoms. The normalized spacial score (nSPS) is 19.4. The molecule has 1 nitrogen and oxygen atoms in total. The Morgan fingerprint density at radius 2 is 1.76 bits per heavy atom. The summed E-state index contributed by atoms with van der Waals surface area (Å²) in [7, 11) is 0. The molecule has 6 heteroatoms. The molecule has 132 valence electrons. The Hall–Kier alpha value is -1.65. The minimum Gasteiger partial charge on any atom is -0.473 e. The number of halogens is 5. The third kappa shape index (κ3) is 3.51.